The summed E-state index contributed by atoms with van der Waals surface area (Å²) in [5.41, 5.74) is -0.683. The van der Waals surface area contributed by atoms with Crippen molar-refractivity contribution in [3.63, 3.8) is 0 Å². The smallest absolute Gasteiger partial charge is 0.266 e. The van der Waals surface area contributed by atoms with Gasteiger partial charge in [0.1, 0.15) is 5.82 Å². The highest BCUT2D eigenvalue weighted by Crippen LogP contribution is 2.51. The number of hydrogen-bond donors (Lipinski definition) is 2. The molecule has 2 amide bonds. The molecule has 1 saturated carbocycles. The van der Waals surface area contributed by atoms with E-state index in [-0.39, 0.29) is 22.4 Å². The normalized spacial score (nSPS) is 18.8. The van der Waals surface area contributed by atoms with Crippen LogP contribution in [0.4, 0.5) is 13.2 Å². The van der Waals surface area contributed by atoms with Crippen LogP contribution in [0.15, 0.2) is 18.2 Å². The van der Waals surface area contributed by atoms with Gasteiger partial charge in [0.05, 0.1) is 12.1 Å². The summed E-state index contributed by atoms with van der Waals surface area (Å²) >= 11 is 0. The molecule has 2 aliphatic rings. The third-order valence-electron chi connectivity index (χ3n) is 6.33. The minimum atomic E-state index is -2.96. The van der Waals surface area contributed by atoms with E-state index < -0.39 is 23.7 Å². The Morgan fingerprint density at radius 3 is 2.53 bits per heavy atom. The number of halogens is 3. The Bertz CT molecular complexity index is 799. The first-order chi connectivity index (χ1) is 14.0. The van der Waals surface area contributed by atoms with Gasteiger partial charge in [-0.1, -0.05) is 6.92 Å². The van der Waals surface area contributed by atoms with Crippen molar-refractivity contribution < 1.29 is 22.8 Å². The van der Waals surface area contributed by atoms with E-state index in [0.29, 0.717) is 19.0 Å². The van der Waals surface area contributed by atoms with Crippen LogP contribution in [0.5, 0.6) is 0 Å². The number of hydrogen-bond acceptors (Lipinski definition) is 3. The van der Waals surface area contributed by atoms with Crippen LogP contribution in [-0.2, 0) is 4.79 Å². The van der Waals surface area contributed by atoms with Crippen LogP contribution >= 0.6 is 0 Å². The SMILES string of the molecule is CCC(C)(C)NC(=O)CN1CC2(CC(CNC(=O)c3ccc(F)c(C(F)F)c3)C2)C1. The summed E-state index contributed by atoms with van der Waals surface area (Å²) in [4.78, 5) is 26.5. The predicted molar refractivity (Wildman–Crippen MR) is 108 cm³/mol. The summed E-state index contributed by atoms with van der Waals surface area (Å²) in [5, 5.41) is 5.81. The van der Waals surface area contributed by atoms with Crippen molar-refractivity contribution in [3.05, 3.63) is 35.1 Å². The quantitative estimate of drug-likeness (QED) is 0.670. The monoisotopic (exact) mass is 425 g/mol. The summed E-state index contributed by atoms with van der Waals surface area (Å²) in [7, 11) is 0. The maximum absolute atomic E-state index is 13.4. The molecule has 2 N–H and O–H groups in total. The molecular formula is C22H30F3N3O2. The molecule has 0 bridgehead atoms. The van der Waals surface area contributed by atoms with Crippen molar-refractivity contribution in [2.75, 3.05) is 26.2 Å². The first-order valence-corrected chi connectivity index (χ1v) is 10.4. The number of carbonyl (C=O) groups is 2. The molecule has 0 radical (unpaired) electrons. The van der Waals surface area contributed by atoms with Crippen LogP contribution in [0.3, 0.4) is 0 Å². The van der Waals surface area contributed by atoms with Crippen molar-refractivity contribution in [1.29, 1.82) is 0 Å². The molecule has 1 spiro atoms. The van der Waals surface area contributed by atoms with E-state index in [4.69, 9.17) is 0 Å². The number of carbonyl (C=O) groups excluding carboxylic acids is 2. The Morgan fingerprint density at radius 1 is 1.27 bits per heavy atom. The maximum Gasteiger partial charge on any atom is 0.266 e. The second-order valence-corrected chi connectivity index (χ2v) is 9.45. The fourth-order valence-corrected chi connectivity index (χ4v) is 4.48. The van der Waals surface area contributed by atoms with E-state index in [1.165, 1.54) is 6.07 Å². The van der Waals surface area contributed by atoms with Crippen LogP contribution in [0.2, 0.25) is 0 Å². The van der Waals surface area contributed by atoms with Gasteiger partial charge in [-0.3, -0.25) is 14.5 Å². The molecule has 1 heterocycles. The van der Waals surface area contributed by atoms with E-state index >= 15 is 0 Å². The van der Waals surface area contributed by atoms with Crippen LogP contribution in [0.1, 0.15) is 62.4 Å². The van der Waals surface area contributed by atoms with Gasteiger partial charge in [0.2, 0.25) is 5.91 Å². The number of amides is 2. The van der Waals surface area contributed by atoms with Crippen molar-refractivity contribution >= 4 is 11.8 Å². The van der Waals surface area contributed by atoms with E-state index in [0.717, 1.165) is 44.5 Å². The van der Waals surface area contributed by atoms with Gasteiger partial charge >= 0.3 is 0 Å². The van der Waals surface area contributed by atoms with Gasteiger partial charge in [0.15, 0.2) is 0 Å². The lowest BCUT2D eigenvalue weighted by Gasteiger charge is -2.59. The lowest BCUT2D eigenvalue weighted by atomic mass is 9.57. The molecule has 3 rings (SSSR count). The molecular weight excluding hydrogens is 395 g/mol. The van der Waals surface area contributed by atoms with Gasteiger partial charge in [0.25, 0.3) is 12.3 Å². The second kappa shape index (κ2) is 8.57. The molecule has 30 heavy (non-hydrogen) atoms. The third-order valence-corrected chi connectivity index (χ3v) is 6.33. The van der Waals surface area contributed by atoms with Gasteiger partial charge in [-0.15, -0.1) is 0 Å². The summed E-state index contributed by atoms with van der Waals surface area (Å²) < 4.78 is 38.9. The predicted octanol–water partition coefficient (Wildman–Crippen LogP) is 3.51. The van der Waals surface area contributed by atoms with Crippen molar-refractivity contribution in [2.45, 2.75) is 52.0 Å². The highest BCUT2D eigenvalue weighted by atomic mass is 19.3. The number of likely N-dealkylation sites (tertiary alicyclic amines) is 1. The summed E-state index contributed by atoms with van der Waals surface area (Å²) in [6, 6.07) is 3.02. The van der Waals surface area contributed by atoms with E-state index in [9.17, 15) is 22.8 Å². The maximum atomic E-state index is 13.4. The number of rotatable bonds is 8. The van der Waals surface area contributed by atoms with Crippen molar-refractivity contribution in [2.24, 2.45) is 11.3 Å². The molecule has 0 aromatic heterocycles. The zero-order chi connectivity index (χ0) is 22.1. The van der Waals surface area contributed by atoms with Crippen molar-refractivity contribution in [1.82, 2.24) is 15.5 Å². The molecule has 1 aliphatic carbocycles. The average Bonchev–Trinajstić information content (AvgIpc) is 2.61. The van der Waals surface area contributed by atoms with Crippen LogP contribution in [0.25, 0.3) is 0 Å². The Labute approximate surface area is 175 Å². The van der Waals surface area contributed by atoms with E-state index in [1.807, 2.05) is 20.8 Å². The van der Waals surface area contributed by atoms with Crippen LogP contribution in [-0.4, -0.2) is 48.4 Å². The van der Waals surface area contributed by atoms with Gasteiger partial charge in [0, 0.05) is 30.7 Å². The van der Waals surface area contributed by atoms with Gasteiger partial charge in [-0.2, -0.15) is 0 Å². The fourth-order valence-electron chi connectivity index (χ4n) is 4.48. The minimum absolute atomic E-state index is 0.0385. The van der Waals surface area contributed by atoms with Gasteiger partial charge < -0.3 is 10.6 Å². The lowest BCUT2D eigenvalue weighted by Crippen LogP contribution is -2.65. The number of nitrogens with one attached hydrogen (secondary N) is 2. The molecule has 1 saturated heterocycles. The largest absolute Gasteiger partial charge is 0.352 e. The van der Waals surface area contributed by atoms with E-state index in [1.54, 1.807) is 0 Å². The molecule has 166 valence electrons. The Kier molecular flexibility index (Phi) is 6.45. The summed E-state index contributed by atoms with van der Waals surface area (Å²) in [6.45, 7) is 8.69. The number of nitrogens with zero attached hydrogens (tertiary/aromatic N) is 1. The van der Waals surface area contributed by atoms with Crippen molar-refractivity contribution in [3.8, 4) is 0 Å². The molecule has 0 unspecified atom stereocenters. The molecule has 0 atom stereocenters. The number of alkyl halides is 2. The Balaban J connectivity index is 1.38. The zero-order valence-corrected chi connectivity index (χ0v) is 17.7. The second-order valence-electron chi connectivity index (χ2n) is 9.45. The molecule has 5 nitrogen and oxygen atoms in total. The Hall–Kier alpha value is -2.09. The van der Waals surface area contributed by atoms with Crippen LogP contribution < -0.4 is 10.6 Å². The standard InChI is InChI=1S/C22H30F3N3O2/c1-4-21(2,3)27-18(29)11-28-12-22(13-28)8-14(9-22)10-26-20(30)15-5-6-17(23)16(7-15)19(24)25/h5-7,14,19H,4,8-13H2,1-3H3,(H,26,30)(H,27,29). The number of benzene rings is 1. The highest BCUT2D eigenvalue weighted by Gasteiger charge is 2.52. The molecule has 1 aromatic rings. The zero-order valence-electron chi connectivity index (χ0n) is 17.7. The average molecular weight is 425 g/mol. The fraction of sp³-hybridized carbons (Fsp3) is 0.636. The van der Waals surface area contributed by atoms with Gasteiger partial charge in [-0.05, 0) is 62.6 Å². The van der Waals surface area contributed by atoms with E-state index in [2.05, 4.69) is 15.5 Å². The van der Waals surface area contributed by atoms with Gasteiger partial charge in [-0.25, -0.2) is 13.2 Å². The van der Waals surface area contributed by atoms with Crippen LogP contribution in [0, 0.1) is 17.2 Å². The molecule has 2 fully saturated rings. The molecule has 1 aromatic carbocycles. The third kappa shape index (κ3) is 5.14. The topological polar surface area (TPSA) is 61.4 Å². The summed E-state index contributed by atoms with van der Waals surface area (Å²) in [6.07, 6.45) is -0.145. The lowest BCUT2D eigenvalue weighted by molar-refractivity contribution is -0.133. The Morgan fingerprint density at radius 2 is 1.93 bits per heavy atom. The first kappa shape index (κ1) is 22.6. The highest BCUT2D eigenvalue weighted by molar-refractivity contribution is 5.94. The first-order valence-electron chi connectivity index (χ1n) is 10.4. The summed E-state index contributed by atoms with van der Waals surface area (Å²) in [5.74, 6) is -1.10. The minimum Gasteiger partial charge on any atom is -0.352 e. The molecule has 8 heteroatoms. The molecule has 1 aliphatic heterocycles.